The summed E-state index contributed by atoms with van der Waals surface area (Å²) in [7, 11) is 0. The molecule has 30 heavy (non-hydrogen) atoms. The highest BCUT2D eigenvalue weighted by Crippen LogP contribution is 2.40. The third-order valence-corrected chi connectivity index (χ3v) is 6.38. The minimum absolute atomic E-state index is 0.0990. The summed E-state index contributed by atoms with van der Waals surface area (Å²) in [4.78, 5) is 11.8. The average Bonchev–Trinajstić information content (AvgIpc) is 2.64. The van der Waals surface area contributed by atoms with E-state index in [1.165, 1.54) is 38.5 Å². The highest BCUT2D eigenvalue weighted by atomic mass is 35.5. The second-order valence-electron chi connectivity index (χ2n) is 10.3. The molecule has 0 radical (unpaired) electrons. The minimum atomic E-state index is -0.816. The van der Waals surface area contributed by atoms with Gasteiger partial charge in [0, 0.05) is 5.02 Å². The number of rotatable bonds is 14. The van der Waals surface area contributed by atoms with Crippen molar-refractivity contribution in [2.45, 2.75) is 98.5 Å². The maximum Gasteiger partial charge on any atom is 0.309 e. The lowest BCUT2D eigenvalue weighted by atomic mass is 9.69. The van der Waals surface area contributed by atoms with Crippen molar-refractivity contribution < 1.29 is 14.6 Å². The molecule has 1 aromatic carbocycles. The molecule has 4 heteroatoms. The number of carboxylic acid groups (broad SMARTS) is 1. The average molecular weight is 439 g/mol. The van der Waals surface area contributed by atoms with Gasteiger partial charge < -0.3 is 9.84 Å². The van der Waals surface area contributed by atoms with Gasteiger partial charge in [0.2, 0.25) is 0 Å². The highest BCUT2D eigenvalue weighted by molar-refractivity contribution is 6.30. The third kappa shape index (κ3) is 9.83. The van der Waals surface area contributed by atoms with Gasteiger partial charge in [-0.05, 0) is 55.7 Å². The van der Waals surface area contributed by atoms with Crippen LogP contribution < -0.4 is 0 Å². The predicted molar refractivity (Wildman–Crippen MR) is 127 cm³/mol. The summed E-state index contributed by atoms with van der Waals surface area (Å²) >= 11 is 5.95. The van der Waals surface area contributed by atoms with Crippen molar-refractivity contribution >= 4 is 17.6 Å². The molecule has 2 atom stereocenters. The zero-order valence-corrected chi connectivity index (χ0v) is 20.7. The molecule has 0 saturated heterocycles. The SMILES string of the molecule is CCCCCCCCC(C(C)(C)C)C(C)(C)OCC(Cc1ccc(Cl)cc1)C(=O)O. The van der Waals surface area contributed by atoms with Crippen LogP contribution in [-0.4, -0.2) is 23.3 Å². The molecule has 0 aliphatic heterocycles. The first-order valence-corrected chi connectivity index (χ1v) is 12.0. The van der Waals surface area contributed by atoms with E-state index >= 15 is 0 Å². The van der Waals surface area contributed by atoms with Crippen LogP contribution in [0, 0.1) is 17.3 Å². The van der Waals surface area contributed by atoms with Gasteiger partial charge in [0.25, 0.3) is 0 Å². The van der Waals surface area contributed by atoms with Crippen LogP contribution in [0.5, 0.6) is 0 Å². The van der Waals surface area contributed by atoms with Crippen molar-refractivity contribution in [1.29, 1.82) is 0 Å². The lowest BCUT2D eigenvalue weighted by Crippen LogP contribution is -2.43. The van der Waals surface area contributed by atoms with Crippen LogP contribution >= 0.6 is 11.6 Å². The van der Waals surface area contributed by atoms with Gasteiger partial charge in [-0.3, -0.25) is 4.79 Å². The molecule has 0 fully saturated rings. The maximum atomic E-state index is 11.8. The van der Waals surface area contributed by atoms with Gasteiger partial charge in [-0.25, -0.2) is 0 Å². The van der Waals surface area contributed by atoms with E-state index < -0.39 is 11.9 Å². The lowest BCUT2D eigenvalue weighted by Gasteiger charge is -2.43. The molecule has 0 spiro atoms. The third-order valence-electron chi connectivity index (χ3n) is 6.13. The van der Waals surface area contributed by atoms with Gasteiger partial charge >= 0.3 is 5.97 Å². The molecule has 3 nitrogen and oxygen atoms in total. The van der Waals surface area contributed by atoms with Crippen molar-refractivity contribution in [1.82, 2.24) is 0 Å². The summed E-state index contributed by atoms with van der Waals surface area (Å²) in [5.41, 5.74) is 0.685. The van der Waals surface area contributed by atoms with Crippen LogP contribution in [0.15, 0.2) is 24.3 Å². The first-order valence-electron chi connectivity index (χ1n) is 11.6. The second-order valence-corrected chi connectivity index (χ2v) is 10.7. The van der Waals surface area contributed by atoms with E-state index in [1.807, 2.05) is 12.1 Å². The first-order chi connectivity index (χ1) is 14.0. The number of benzene rings is 1. The first kappa shape index (κ1) is 27.0. The van der Waals surface area contributed by atoms with Crippen molar-refractivity contribution in [2.24, 2.45) is 17.3 Å². The van der Waals surface area contributed by atoms with Gasteiger partial charge in [-0.2, -0.15) is 0 Å². The van der Waals surface area contributed by atoms with Crippen molar-refractivity contribution in [3.05, 3.63) is 34.9 Å². The van der Waals surface area contributed by atoms with Gasteiger partial charge in [-0.15, -0.1) is 0 Å². The molecule has 0 aliphatic rings. The van der Waals surface area contributed by atoms with Gasteiger partial charge in [0.1, 0.15) is 0 Å². The molecule has 0 saturated carbocycles. The fraction of sp³-hybridized carbons (Fsp3) is 0.731. The van der Waals surface area contributed by atoms with E-state index in [-0.39, 0.29) is 17.6 Å². The molecule has 0 aliphatic carbocycles. The molecule has 0 bridgehead atoms. The van der Waals surface area contributed by atoms with E-state index in [0.29, 0.717) is 17.4 Å². The Labute approximate surface area is 189 Å². The predicted octanol–water partition coefficient (Wildman–Crippen LogP) is 7.79. The highest BCUT2D eigenvalue weighted by Gasteiger charge is 2.39. The summed E-state index contributed by atoms with van der Waals surface area (Å²) in [6.07, 6.45) is 9.23. The van der Waals surface area contributed by atoms with E-state index in [1.54, 1.807) is 12.1 Å². The second kappa shape index (κ2) is 12.7. The Morgan fingerprint density at radius 3 is 2.10 bits per heavy atom. The number of ether oxygens (including phenoxy) is 1. The molecular weight excluding hydrogens is 396 g/mol. The molecule has 1 rings (SSSR count). The quantitative estimate of drug-likeness (QED) is 0.301. The van der Waals surface area contributed by atoms with E-state index in [9.17, 15) is 9.90 Å². The zero-order chi connectivity index (χ0) is 22.8. The van der Waals surface area contributed by atoms with Crippen molar-refractivity contribution in [2.75, 3.05) is 6.61 Å². The summed E-state index contributed by atoms with van der Waals surface area (Å²) < 4.78 is 6.33. The fourth-order valence-electron chi connectivity index (χ4n) is 4.49. The van der Waals surface area contributed by atoms with Gasteiger partial charge in [0.15, 0.2) is 0 Å². The Bertz CT molecular complexity index is 616. The Hall–Kier alpha value is -1.06. The smallest absolute Gasteiger partial charge is 0.309 e. The van der Waals surface area contributed by atoms with Crippen LogP contribution in [-0.2, 0) is 16.0 Å². The van der Waals surface area contributed by atoms with Crippen LogP contribution in [0.1, 0.15) is 92.1 Å². The summed E-state index contributed by atoms with van der Waals surface area (Å²) in [5.74, 6) is -1.02. The van der Waals surface area contributed by atoms with Crippen molar-refractivity contribution in [3.63, 3.8) is 0 Å². The minimum Gasteiger partial charge on any atom is -0.481 e. The Kier molecular flexibility index (Phi) is 11.4. The largest absolute Gasteiger partial charge is 0.481 e. The Balaban J connectivity index is 2.70. The fourth-order valence-corrected chi connectivity index (χ4v) is 4.62. The van der Waals surface area contributed by atoms with E-state index in [4.69, 9.17) is 16.3 Å². The Morgan fingerprint density at radius 2 is 1.57 bits per heavy atom. The summed E-state index contributed by atoms with van der Waals surface area (Å²) in [5, 5.41) is 10.4. The standard InChI is InChI=1S/C26H43ClO3/c1-7-8-9-10-11-12-13-23(25(2,3)4)26(5,6)30-19-21(24(28)29)18-20-14-16-22(27)17-15-20/h14-17,21,23H,7-13,18-19H2,1-6H3,(H,28,29). The van der Waals surface area contributed by atoms with Crippen LogP contribution in [0.3, 0.4) is 0 Å². The molecule has 1 aromatic rings. The van der Waals surface area contributed by atoms with Crippen LogP contribution in [0.2, 0.25) is 5.02 Å². The molecule has 0 heterocycles. The Morgan fingerprint density at radius 1 is 1.00 bits per heavy atom. The lowest BCUT2D eigenvalue weighted by molar-refractivity contribution is -0.150. The molecule has 0 amide bonds. The number of hydrogen-bond donors (Lipinski definition) is 1. The number of aliphatic carboxylic acids is 1. The maximum absolute atomic E-state index is 11.8. The number of hydrogen-bond acceptors (Lipinski definition) is 2. The molecule has 2 unspecified atom stereocenters. The van der Waals surface area contributed by atoms with E-state index in [0.717, 1.165) is 12.0 Å². The number of unbranched alkanes of at least 4 members (excludes halogenated alkanes) is 5. The van der Waals surface area contributed by atoms with Crippen LogP contribution in [0.4, 0.5) is 0 Å². The normalized spacial score (nSPS) is 14.5. The molecule has 1 N–H and O–H groups in total. The molecule has 172 valence electrons. The molecular formula is C26H43ClO3. The number of carbonyl (C=O) groups is 1. The van der Waals surface area contributed by atoms with E-state index in [2.05, 4.69) is 41.5 Å². The van der Waals surface area contributed by atoms with Crippen molar-refractivity contribution in [3.8, 4) is 0 Å². The summed E-state index contributed by atoms with van der Waals surface area (Å²) in [6, 6.07) is 7.38. The zero-order valence-electron chi connectivity index (χ0n) is 20.0. The monoisotopic (exact) mass is 438 g/mol. The van der Waals surface area contributed by atoms with Gasteiger partial charge in [0.05, 0.1) is 18.1 Å². The topological polar surface area (TPSA) is 46.5 Å². The van der Waals surface area contributed by atoms with Crippen LogP contribution in [0.25, 0.3) is 0 Å². The van der Waals surface area contributed by atoms with Gasteiger partial charge in [-0.1, -0.05) is 90.0 Å². The number of halogens is 1. The number of carboxylic acids is 1. The summed E-state index contributed by atoms with van der Waals surface area (Å²) in [6.45, 7) is 13.5. The molecule has 0 aromatic heterocycles.